The Balaban J connectivity index is 2.17. The van der Waals surface area contributed by atoms with E-state index >= 15 is 0 Å². The Morgan fingerprint density at radius 2 is 0.889 bits per heavy atom. The van der Waals surface area contributed by atoms with Crippen molar-refractivity contribution in [2.75, 3.05) is 13.2 Å². The van der Waals surface area contributed by atoms with Crippen LogP contribution in [0.4, 0.5) is 0 Å². The second-order valence-corrected chi connectivity index (χ2v) is 12.4. The molecule has 0 amide bonds. The Morgan fingerprint density at radius 3 is 1.22 bits per heavy atom. The van der Waals surface area contributed by atoms with Crippen molar-refractivity contribution >= 4 is 11.9 Å². The van der Waals surface area contributed by atoms with Gasteiger partial charge in [-0.2, -0.15) is 0 Å². The van der Waals surface area contributed by atoms with E-state index in [1.54, 1.807) is 0 Å². The van der Waals surface area contributed by atoms with Gasteiger partial charge in [-0.15, -0.1) is 0 Å². The average molecular weight is 509 g/mol. The second-order valence-electron chi connectivity index (χ2n) is 12.4. The molecule has 1 aliphatic carbocycles. The summed E-state index contributed by atoms with van der Waals surface area (Å²) in [5.41, 5.74) is 0. The summed E-state index contributed by atoms with van der Waals surface area (Å²) in [6.45, 7) is 14.6. The quantitative estimate of drug-likeness (QED) is 0.121. The van der Waals surface area contributed by atoms with Crippen molar-refractivity contribution in [2.45, 2.75) is 144 Å². The summed E-state index contributed by atoms with van der Waals surface area (Å²) in [5.74, 6) is 2.10. The molecule has 36 heavy (non-hydrogen) atoms. The van der Waals surface area contributed by atoms with Crippen LogP contribution in [0.2, 0.25) is 0 Å². The lowest BCUT2D eigenvalue weighted by molar-refractivity contribution is -0.156. The maximum atomic E-state index is 12.6. The van der Waals surface area contributed by atoms with Crippen molar-refractivity contribution in [1.82, 2.24) is 0 Å². The molecular weight excluding hydrogens is 448 g/mol. The van der Waals surface area contributed by atoms with Gasteiger partial charge in [0.1, 0.15) is 0 Å². The predicted molar refractivity (Wildman–Crippen MR) is 151 cm³/mol. The minimum absolute atomic E-state index is 0.0534. The zero-order valence-electron chi connectivity index (χ0n) is 24.8. The van der Waals surface area contributed by atoms with Crippen LogP contribution in [0.25, 0.3) is 0 Å². The fourth-order valence-corrected chi connectivity index (χ4v) is 5.33. The molecule has 0 aromatic rings. The monoisotopic (exact) mass is 508 g/mol. The summed E-state index contributed by atoms with van der Waals surface area (Å²) in [4.78, 5) is 25.2. The van der Waals surface area contributed by atoms with Gasteiger partial charge in [-0.3, -0.25) is 9.59 Å². The molecule has 0 aliphatic heterocycles. The van der Waals surface area contributed by atoms with Crippen molar-refractivity contribution in [1.29, 1.82) is 0 Å². The Morgan fingerprint density at radius 1 is 0.556 bits per heavy atom. The second kappa shape index (κ2) is 20.0. The number of carbonyl (C=O) groups is 2. The van der Waals surface area contributed by atoms with Crippen LogP contribution in [0, 0.1) is 35.5 Å². The topological polar surface area (TPSA) is 52.6 Å². The average Bonchev–Trinajstić information content (AvgIpc) is 2.88. The molecule has 0 aromatic heterocycles. The normalized spacial score (nSPS) is 21.4. The highest BCUT2D eigenvalue weighted by Crippen LogP contribution is 2.31. The summed E-state index contributed by atoms with van der Waals surface area (Å²) in [5, 5.41) is 0. The molecule has 4 atom stereocenters. The highest BCUT2D eigenvalue weighted by molar-refractivity contribution is 5.75. The predicted octanol–water partition coefficient (Wildman–Crippen LogP) is 9.14. The third-order valence-electron chi connectivity index (χ3n) is 8.32. The zero-order valence-corrected chi connectivity index (χ0v) is 24.8. The number of unbranched alkanes of at least 4 members (excludes halogenated alkanes) is 4. The Hall–Kier alpha value is -1.06. The van der Waals surface area contributed by atoms with Gasteiger partial charge in [0.05, 0.1) is 25.0 Å². The fourth-order valence-electron chi connectivity index (χ4n) is 5.33. The number of carbonyl (C=O) groups excluding carboxylic acids is 2. The van der Waals surface area contributed by atoms with Gasteiger partial charge >= 0.3 is 11.9 Å². The van der Waals surface area contributed by atoms with Crippen LogP contribution in [0.15, 0.2) is 0 Å². The Bertz CT molecular complexity index is 517. The molecule has 0 spiro atoms. The van der Waals surface area contributed by atoms with Gasteiger partial charge in [-0.05, 0) is 62.2 Å². The van der Waals surface area contributed by atoms with E-state index in [0.717, 1.165) is 50.4 Å². The molecule has 212 valence electrons. The maximum Gasteiger partial charge on any atom is 0.308 e. The molecule has 4 unspecified atom stereocenters. The van der Waals surface area contributed by atoms with Crippen LogP contribution in [0.5, 0.6) is 0 Å². The molecule has 1 fully saturated rings. The van der Waals surface area contributed by atoms with Crippen LogP contribution in [-0.2, 0) is 19.1 Å². The highest BCUT2D eigenvalue weighted by atomic mass is 16.5. The zero-order chi connectivity index (χ0) is 26.8. The third-order valence-corrected chi connectivity index (χ3v) is 8.32. The number of rotatable bonds is 20. The van der Waals surface area contributed by atoms with Gasteiger partial charge in [-0.25, -0.2) is 0 Å². The molecule has 0 radical (unpaired) electrons. The standard InChI is InChI=1S/C32H60O4/c1-7-9-11-13-25(3)15-17-27(5)23-35-31(33)29-19-21-30(22-20-29)32(34)36-24-28(6)18-16-26(4)14-12-10-8-2/h25-30H,7-24H2,1-6H3. The first kappa shape index (κ1) is 33.0. The smallest absolute Gasteiger partial charge is 0.308 e. The summed E-state index contributed by atoms with van der Waals surface area (Å²) < 4.78 is 11.3. The van der Waals surface area contributed by atoms with E-state index in [1.165, 1.54) is 64.2 Å². The first-order valence-corrected chi connectivity index (χ1v) is 15.6. The molecule has 4 heteroatoms. The van der Waals surface area contributed by atoms with Crippen molar-refractivity contribution in [3.05, 3.63) is 0 Å². The largest absolute Gasteiger partial charge is 0.465 e. The van der Waals surface area contributed by atoms with Crippen molar-refractivity contribution < 1.29 is 19.1 Å². The SMILES string of the molecule is CCCCCC(C)CCC(C)COC(=O)C1CCC(C(=O)OCC(C)CCC(C)CCCCC)CC1. The van der Waals surface area contributed by atoms with Crippen molar-refractivity contribution in [3.8, 4) is 0 Å². The Kier molecular flexibility index (Phi) is 18.3. The Labute approximate surface area is 224 Å². The molecule has 4 nitrogen and oxygen atoms in total. The number of ether oxygens (including phenoxy) is 2. The van der Waals surface area contributed by atoms with Gasteiger partial charge < -0.3 is 9.47 Å². The number of hydrogen-bond acceptors (Lipinski definition) is 4. The summed E-state index contributed by atoms with van der Waals surface area (Å²) in [6.07, 6.45) is 18.1. The first-order chi connectivity index (χ1) is 17.3. The molecule has 0 bridgehead atoms. The lowest BCUT2D eigenvalue weighted by Gasteiger charge is -2.27. The highest BCUT2D eigenvalue weighted by Gasteiger charge is 2.32. The van der Waals surface area contributed by atoms with Crippen molar-refractivity contribution in [2.24, 2.45) is 35.5 Å². The minimum Gasteiger partial charge on any atom is -0.465 e. The van der Waals surface area contributed by atoms with E-state index < -0.39 is 0 Å². The van der Waals surface area contributed by atoms with E-state index in [2.05, 4.69) is 41.5 Å². The summed E-state index contributed by atoms with van der Waals surface area (Å²) in [7, 11) is 0. The van der Waals surface area contributed by atoms with Gasteiger partial charge in [0.25, 0.3) is 0 Å². The van der Waals surface area contributed by atoms with Crippen LogP contribution in [0.3, 0.4) is 0 Å². The molecule has 0 N–H and O–H groups in total. The van der Waals surface area contributed by atoms with Gasteiger partial charge in [0.2, 0.25) is 0 Å². The molecular formula is C32H60O4. The minimum atomic E-state index is -0.0636. The molecule has 0 saturated heterocycles. The lowest BCUT2D eigenvalue weighted by Crippen LogP contribution is -2.29. The van der Waals surface area contributed by atoms with Gasteiger partial charge in [0.15, 0.2) is 0 Å². The van der Waals surface area contributed by atoms with Crippen LogP contribution in [0.1, 0.15) is 144 Å². The third kappa shape index (κ3) is 15.3. The van der Waals surface area contributed by atoms with E-state index in [0.29, 0.717) is 25.0 Å². The van der Waals surface area contributed by atoms with Crippen LogP contribution in [-0.4, -0.2) is 25.2 Å². The molecule has 0 heterocycles. The number of hydrogen-bond donors (Lipinski definition) is 0. The lowest BCUT2D eigenvalue weighted by atomic mass is 9.82. The molecule has 1 rings (SSSR count). The molecule has 1 saturated carbocycles. The first-order valence-electron chi connectivity index (χ1n) is 15.6. The van der Waals surface area contributed by atoms with Crippen molar-refractivity contribution in [3.63, 3.8) is 0 Å². The van der Waals surface area contributed by atoms with E-state index in [9.17, 15) is 9.59 Å². The van der Waals surface area contributed by atoms with Crippen LogP contribution >= 0.6 is 0 Å². The van der Waals surface area contributed by atoms with Gasteiger partial charge in [-0.1, -0.05) is 106 Å². The molecule has 1 aliphatic rings. The summed E-state index contributed by atoms with van der Waals surface area (Å²) >= 11 is 0. The maximum absolute atomic E-state index is 12.6. The fraction of sp³-hybridized carbons (Fsp3) is 0.938. The summed E-state index contributed by atoms with van der Waals surface area (Å²) in [6, 6.07) is 0. The van der Waals surface area contributed by atoms with E-state index in [-0.39, 0.29) is 23.8 Å². The molecule has 0 aromatic carbocycles. The van der Waals surface area contributed by atoms with Gasteiger partial charge in [0, 0.05) is 0 Å². The van der Waals surface area contributed by atoms with E-state index in [1.807, 2.05) is 0 Å². The van der Waals surface area contributed by atoms with Crippen LogP contribution < -0.4 is 0 Å². The van der Waals surface area contributed by atoms with E-state index in [4.69, 9.17) is 9.47 Å². The number of esters is 2.